The molecule has 0 aliphatic carbocycles. The predicted octanol–water partition coefficient (Wildman–Crippen LogP) is 5.49. The Kier molecular flexibility index (Phi) is 5.16. The summed E-state index contributed by atoms with van der Waals surface area (Å²) >= 11 is 1.62. The van der Waals surface area contributed by atoms with Crippen LogP contribution in [0.5, 0.6) is 11.6 Å². The summed E-state index contributed by atoms with van der Waals surface area (Å²) in [6, 6.07) is 18.3. The number of nitrogens with zero attached hydrogens (tertiary/aromatic N) is 2. The van der Waals surface area contributed by atoms with Crippen LogP contribution in [0.15, 0.2) is 59.8 Å². The monoisotopic (exact) mass is 336 g/mol. The van der Waals surface area contributed by atoms with Gasteiger partial charge in [0.25, 0.3) is 0 Å². The van der Waals surface area contributed by atoms with Crippen molar-refractivity contribution < 1.29 is 4.74 Å². The second-order valence-electron chi connectivity index (χ2n) is 5.78. The van der Waals surface area contributed by atoms with E-state index in [9.17, 15) is 0 Å². The lowest BCUT2D eigenvalue weighted by molar-refractivity contribution is 0.451. The molecule has 4 heteroatoms. The Morgan fingerprint density at radius 1 is 0.917 bits per heavy atom. The first-order chi connectivity index (χ1) is 11.6. The van der Waals surface area contributed by atoms with E-state index in [1.165, 1.54) is 11.1 Å². The van der Waals surface area contributed by atoms with E-state index in [4.69, 9.17) is 4.74 Å². The van der Waals surface area contributed by atoms with Crippen molar-refractivity contribution in [1.82, 2.24) is 9.97 Å². The van der Waals surface area contributed by atoms with Crippen LogP contribution in [0.4, 0.5) is 0 Å². The van der Waals surface area contributed by atoms with Gasteiger partial charge in [-0.25, -0.2) is 4.98 Å². The fourth-order valence-corrected chi connectivity index (χ4v) is 3.20. The van der Waals surface area contributed by atoms with Crippen molar-refractivity contribution in [2.45, 2.75) is 31.7 Å². The van der Waals surface area contributed by atoms with Crippen LogP contribution in [0.25, 0.3) is 0 Å². The Balaban J connectivity index is 1.75. The van der Waals surface area contributed by atoms with Crippen LogP contribution in [0.1, 0.15) is 22.4 Å². The lowest BCUT2D eigenvalue weighted by atomic mass is 10.2. The Labute approximate surface area is 147 Å². The van der Waals surface area contributed by atoms with Crippen LogP contribution in [0, 0.1) is 20.8 Å². The fourth-order valence-electron chi connectivity index (χ4n) is 2.36. The molecule has 0 N–H and O–H groups in total. The number of rotatable bonds is 5. The Morgan fingerprint density at radius 3 is 2.54 bits per heavy atom. The standard InChI is InChI=1S/C20H20N2OS/c1-14-7-6-9-17(11-14)13-24-20-21-16(3)12-19(22-20)23-18-10-5-4-8-15(18)2/h4-12H,13H2,1-3H3. The molecule has 0 saturated heterocycles. The van der Waals surface area contributed by atoms with Crippen molar-refractivity contribution in [3.05, 3.63) is 77.0 Å². The van der Waals surface area contributed by atoms with Crippen molar-refractivity contribution in [2.75, 3.05) is 0 Å². The quantitative estimate of drug-likeness (QED) is 0.456. The number of para-hydroxylation sites is 1. The van der Waals surface area contributed by atoms with E-state index in [0.29, 0.717) is 5.88 Å². The number of hydrogen-bond donors (Lipinski definition) is 0. The lowest BCUT2D eigenvalue weighted by Crippen LogP contribution is -1.96. The molecule has 0 atom stereocenters. The lowest BCUT2D eigenvalue weighted by Gasteiger charge is -2.09. The summed E-state index contributed by atoms with van der Waals surface area (Å²) in [6.07, 6.45) is 0. The van der Waals surface area contributed by atoms with Crippen molar-refractivity contribution in [2.24, 2.45) is 0 Å². The van der Waals surface area contributed by atoms with Crippen molar-refractivity contribution in [3.63, 3.8) is 0 Å². The third-order valence-electron chi connectivity index (χ3n) is 3.57. The van der Waals surface area contributed by atoms with Gasteiger partial charge in [-0.2, -0.15) is 4.98 Å². The molecule has 1 aromatic heterocycles. The molecule has 0 radical (unpaired) electrons. The van der Waals surface area contributed by atoms with Gasteiger partial charge in [-0.1, -0.05) is 59.8 Å². The minimum atomic E-state index is 0.587. The van der Waals surface area contributed by atoms with Gasteiger partial charge in [0.1, 0.15) is 5.75 Å². The number of aromatic nitrogens is 2. The summed E-state index contributed by atoms with van der Waals surface area (Å²) in [7, 11) is 0. The first-order valence-electron chi connectivity index (χ1n) is 7.88. The molecule has 0 spiro atoms. The minimum absolute atomic E-state index is 0.587. The van der Waals surface area contributed by atoms with Gasteiger partial charge in [0.15, 0.2) is 5.16 Å². The summed E-state index contributed by atoms with van der Waals surface area (Å²) in [4.78, 5) is 9.04. The zero-order valence-corrected chi connectivity index (χ0v) is 14.9. The van der Waals surface area contributed by atoms with E-state index in [1.54, 1.807) is 11.8 Å². The van der Waals surface area contributed by atoms with Crippen molar-refractivity contribution in [1.29, 1.82) is 0 Å². The smallest absolute Gasteiger partial charge is 0.223 e. The van der Waals surface area contributed by atoms with Gasteiger partial charge in [0, 0.05) is 17.5 Å². The molecule has 0 amide bonds. The molecule has 0 unspecified atom stereocenters. The molecule has 3 aromatic rings. The molecular weight excluding hydrogens is 316 g/mol. The second kappa shape index (κ2) is 7.49. The van der Waals surface area contributed by atoms with Gasteiger partial charge in [0.05, 0.1) is 0 Å². The normalized spacial score (nSPS) is 10.6. The van der Waals surface area contributed by atoms with E-state index >= 15 is 0 Å². The molecule has 0 fully saturated rings. The fraction of sp³-hybridized carbons (Fsp3) is 0.200. The average molecular weight is 336 g/mol. The second-order valence-corrected chi connectivity index (χ2v) is 6.72. The van der Waals surface area contributed by atoms with Crippen molar-refractivity contribution in [3.8, 4) is 11.6 Å². The topological polar surface area (TPSA) is 35.0 Å². The highest BCUT2D eigenvalue weighted by atomic mass is 32.2. The molecule has 24 heavy (non-hydrogen) atoms. The third kappa shape index (κ3) is 4.36. The van der Waals surface area contributed by atoms with Gasteiger partial charge in [-0.3, -0.25) is 0 Å². The van der Waals surface area contributed by atoms with Gasteiger partial charge in [-0.05, 0) is 38.0 Å². The summed E-state index contributed by atoms with van der Waals surface area (Å²) in [5.74, 6) is 2.25. The molecule has 122 valence electrons. The van der Waals surface area contributed by atoms with Crippen LogP contribution >= 0.6 is 11.8 Å². The molecule has 0 aliphatic heterocycles. The summed E-state index contributed by atoms with van der Waals surface area (Å²) in [5, 5.41) is 0.736. The first-order valence-corrected chi connectivity index (χ1v) is 8.86. The van der Waals surface area contributed by atoms with E-state index in [0.717, 1.165) is 27.9 Å². The van der Waals surface area contributed by atoms with E-state index in [2.05, 4.69) is 41.2 Å². The van der Waals surface area contributed by atoms with Crippen LogP contribution in [0.2, 0.25) is 0 Å². The third-order valence-corrected chi connectivity index (χ3v) is 4.49. The van der Waals surface area contributed by atoms with E-state index < -0.39 is 0 Å². The average Bonchev–Trinajstić information content (AvgIpc) is 2.55. The zero-order chi connectivity index (χ0) is 16.9. The van der Waals surface area contributed by atoms with Crippen LogP contribution in [-0.2, 0) is 5.75 Å². The van der Waals surface area contributed by atoms with Crippen LogP contribution in [-0.4, -0.2) is 9.97 Å². The maximum atomic E-state index is 5.94. The number of ether oxygens (including phenoxy) is 1. The van der Waals surface area contributed by atoms with Gasteiger partial charge in [0.2, 0.25) is 5.88 Å². The highest BCUT2D eigenvalue weighted by molar-refractivity contribution is 7.98. The van der Waals surface area contributed by atoms with Gasteiger partial charge in [-0.15, -0.1) is 0 Å². The van der Waals surface area contributed by atoms with Gasteiger partial charge >= 0.3 is 0 Å². The number of hydrogen-bond acceptors (Lipinski definition) is 4. The van der Waals surface area contributed by atoms with Crippen LogP contribution in [0.3, 0.4) is 0 Å². The summed E-state index contributed by atoms with van der Waals surface area (Å²) in [6.45, 7) is 6.09. The Bertz CT molecular complexity index is 849. The Morgan fingerprint density at radius 2 is 1.75 bits per heavy atom. The molecule has 3 nitrogen and oxygen atoms in total. The summed E-state index contributed by atoms with van der Waals surface area (Å²) < 4.78 is 5.94. The van der Waals surface area contributed by atoms with E-state index in [-0.39, 0.29) is 0 Å². The molecule has 1 heterocycles. The molecule has 3 rings (SSSR count). The highest BCUT2D eigenvalue weighted by Crippen LogP contribution is 2.26. The number of aryl methyl sites for hydroxylation is 3. The molecular formula is C20H20N2OS. The van der Waals surface area contributed by atoms with Crippen LogP contribution < -0.4 is 4.74 Å². The maximum absolute atomic E-state index is 5.94. The predicted molar refractivity (Wildman–Crippen MR) is 98.8 cm³/mol. The maximum Gasteiger partial charge on any atom is 0.223 e. The van der Waals surface area contributed by atoms with Gasteiger partial charge < -0.3 is 4.74 Å². The summed E-state index contributed by atoms with van der Waals surface area (Å²) in [5.41, 5.74) is 4.52. The highest BCUT2D eigenvalue weighted by Gasteiger charge is 2.07. The zero-order valence-electron chi connectivity index (χ0n) is 14.1. The first kappa shape index (κ1) is 16.5. The van der Waals surface area contributed by atoms with E-state index in [1.807, 2.05) is 44.2 Å². The molecule has 0 aliphatic rings. The number of benzene rings is 2. The molecule has 2 aromatic carbocycles. The SMILES string of the molecule is Cc1cccc(CSc2nc(C)cc(Oc3ccccc3C)n2)c1. The Hall–Kier alpha value is -2.33. The number of thioether (sulfide) groups is 1. The molecule has 0 saturated carbocycles. The minimum Gasteiger partial charge on any atom is -0.439 e. The van der Waals surface area contributed by atoms with Crippen molar-refractivity contribution >= 4 is 11.8 Å². The largest absolute Gasteiger partial charge is 0.439 e. The molecule has 0 bridgehead atoms.